The van der Waals surface area contributed by atoms with Crippen molar-refractivity contribution in [3.05, 3.63) is 42.0 Å². The molecule has 0 radical (unpaired) electrons. The molecule has 1 N–H and O–H groups in total. The highest BCUT2D eigenvalue weighted by atomic mass is 32.1. The lowest BCUT2D eigenvalue weighted by Gasteiger charge is -2.32. The van der Waals surface area contributed by atoms with Crippen LogP contribution in [-0.4, -0.2) is 42.7 Å². The second kappa shape index (κ2) is 6.26. The normalized spacial score (nSPS) is 16.1. The maximum absolute atomic E-state index is 4.65. The van der Waals surface area contributed by atoms with Crippen molar-refractivity contribution in [2.75, 3.05) is 37.6 Å². The number of nitrogens with zero attached hydrogens (tertiary/aromatic N) is 3. The van der Waals surface area contributed by atoms with Crippen molar-refractivity contribution in [1.29, 1.82) is 0 Å². The van der Waals surface area contributed by atoms with Gasteiger partial charge in [-0.2, -0.15) is 0 Å². The van der Waals surface area contributed by atoms with Crippen LogP contribution in [-0.2, 0) is 0 Å². The van der Waals surface area contributed by atoms with E-state index < -0.39 is 0 Å². The Labute approximate surface area is 140 Å². The number of aromatic nitrogens is 2. The molecule has 0 atom stereocenters. The molecule has 1 fully saturated rings. The highest BCUT2D eigenvalue weighted by Gasteiger charge is 2.23. The van der Waals surface area contributed by atoms with Crippen LogP contribution in [0.5, 0.6) is 0 Å². The molecule has 0 saturated carbocycles. The fourth-order valence-corrected chi connectivity index (χ4v) is 4.23. The van der Waals surface area contributed by atoms with Gasteiger partial charge in [0.15, 0.2) is 0 Å². The molecule has 118 valence electrons. The third-order valence-electron chi connectivity index (χ3n) is 4.71. The van der Waals surface area contributed by atoms with Crippen LogP contribution in [0.15, 0.2) is 42.0 Å². The van der Waals surface area contributed by atoms with Crippen molar-refractivity contribution in [2.24, 2.45) is 0 Å². The molecule has 0 bridgehead atoms. The van der Waals surface area contributed by atoms with Crippen LogP contribution in [0.3, 0.4) is 0 Å². The maximum Gasteiger partial charge on any atom is 0.141 e. The van der Waals surface area contributed by atoms with Gasteiger partial charge in [0.1, 0.15) is 17.0 Å². The summed E-state index contributed by atoms with van der Waals surface area (Å²) < 4.78 is 0. The minimum Gasteiger partial charge on any atom is -0.345 e. The molecule has 1 aliphatic heterocycles. The second-order valence-electron chi connectivity index (χ2n) is 5.98. The molecule has 0 amide bonds. The highest BCUT2D eigenvalue weighted by Crippen LogP contribution is 2.37. The Kier molecular flexibility index (Phi) is 3.97. The van der Waals surface area contributed by atoms with Crippen molar-refractivity contribution < 1.29 is 4.90 Å². The van der Waals surface area contributed by atoms with Gasteiger partial charge in [0, 0.05) is 10.9 Å². The zero-order valence-electron chi connectivity index (χ0n) is 13.3. The first kappa shape index (κ1) is 14.6. The van der Waals surface area contributed by atoms with E-state index >= 15 is 0 Å². The summed E-state index contributed by atoms with van der Waals surface area (Å²) in [6, 6.07) is 10.6. The van der Waals surface area contributed by atoms with E-state index in [1.807, 2.05) is 0 Å². The Morgan fingerprint density at radius 1 is 1.13 bits per heavy atom. The Morgan fingerprint density at radius 2 is 1.91 bits per heavy atom. The molecule has 4 rings (SSSR count). The molecule has 0 unspecified atom stereocenters. The monoisotopic (exact) mass is 325 g/mol. The molecular formula is C18H21N4S+. The summed E-state index contributed by atoms with van der Waals surface area (Å²) in [4.78, 5) is 14.3. The summed E-state index contributed by atoms with van der Waals surface area (Å²) >= 11 is 1.71. The lowest BCUT2D eigenvalue weighted by molar-refractivity contribution is -0.898. The van der Waals surface area contributed by atoms with Gasteiger partial charge in [0.25, 0.3) is 0 Å². The van der Waals surface area contributed by atoms with Gasteiger partial charge in [-0.05, 0) is 12.5 Å². The van der Waals surface area contributed by atoms with Gasteiger partial charge in [-0.3, -0.25) is 0 Å². The lowest BCUT2D eigenvalue weighted by atomic mass is 10.1. The van der Waals surface area contributed by atoms with Crippen LogP contribution < -0.4 is 9.80 Å². The number of anilines is 1. The molecule has 2 aromatic heterocycles. The van der Waals surface area contributed by atoms with Crippen LogP contribution in [0.2, 0.25) is 0 Å². The maximum atomic E-state index is 4.65. The van der Waals surface area contributed by atoms with E-state index in [0.717, 1.165) is 23.7 Å². The third-order valence-corrected chi connectivity index (χ3v) is 5.59. The van der Waals surface area contributed by atoms with Gasteiger partial charge in [0.2, 0.25) is 0 Å². The average molecular weight is 325 g/mol. The number of nitrogens with one attached hydrogen (secondary N) is 1. The Bertz CT molecular complexity index is 791. The molecule has 5 heteroatoms. The Balaban J connectivity index is 1.77. The topological polar surface area (TPSA) is 33.5 Å². The third kappa shape index (κ3) is 2.71. The van der Waals surface area contributed by atoms with E-state index in [2.05, 4.69) is 57.5 Å². The molecule has 0 aliphatic carbocycles. The van der Waals surface area contributed by atoms with Gasteiger partial charge in [-0.25, -0.2) is 9.97 Å². The molecular weight excluding hydrogens is 304 g/mol. The van der Waals surface area contributed by atoms with Crippen LogP contribution in [0.1, 0.15) is 6.92 Å². The molecule has 1 saturated heterocycles. The predicted octanol–water partition coefficient (Wildman–Crippen LogP) is 2.08. The summed E-state index contributed by atoms with van der Waals surface area (Å²) in [7, 11) is 0. The summed E-state index contributed by atoms with van der Waals surface area (Å²) in [6.45, 7) is 7.99. The number of quaternary nitrogens is 1. The van der Waals surface area contributed by atoms with Crippen molar-refractivity contribution in [3.8, 4) is 11.1 Å². The number of piperazine rings is 1. The van der Waals surface area contributed by atoms with E-state index in [0.29, 0.717) is 0 Å². The Morgan fingerprint density at radius 3 is 2.65 bits per heavy atom. The van der Waals surface area contributed by atoms with Crippen LogP contribution in [0.25, 0.3) is 21.3 Å². The summed E-state index contributed by atoms with van der Waals surface area (Å²) in [5.41, 5.74) is 2.50. The molecule has 3 heterocycles. The SMILES string of the molecule is CC[NH+]1CCN(c2ncnc3scc(-c4ccccc4)c23)CC1. The molecule has 23 heavy (non-hydrogen) atoms. The molecule has 1 aromatic carbocycles. The zero-order chi connectivity index (χ0) is 15.6. The number of benzene rings is 1. The largest absolute Gasteiger partial charge is 0.345 e. The van der Waals surface area contributed by atoms with Gasteiger partial charge < -0.3 is 9.80 Å². The Hall–Kier alpha value is -1.98. The van der Waals surface area contributed by atoms with Gasteiger partial charge in [-0.15, -0.1) is 11.3 Å². The van der Waals surface area contributed by atoms with E-state index in [1.165, 1.54) is 36.1 Å². The van der Waals surface area contributed by atoms with Crippen molar-refractivity contribution in [1.82, 2.24) is 9.97 Å². The smallest absolute Gasteiger partial charge is 0.141 e. The standard InChI is InChI=1S/C18H20N4S/c1-2-21-8-10-22(11-9-21)17-16-15(14-6-4-3-5-7-14)12-23-18(16)20-13-19-17/h3-7,12-13H,2,8-11H2,1H3/p+1. The molecule has 1 aliphatic rings. The fourth-order valence-electron chi connectivity index (χ4n) is 3.32. The van der Waals surface area contributed by atoms with Crippen molar-refractivity contribution in [2.45, 2.75) is 6.92 Å². The number of hydrogen-bond acceptors (Lipinski definition) is 4. The summed E-state index contributed by atoms with van der Waals surface area (Å²) in [5.74, 6) is 1.10. The van der Waals surface area contributed by atoms with Crippen molar-refractivity contribution in [3.63, 3.8) is 0 Å². The number of rotatable bonds is 3. The lowest BCUT2D eigenvalue weighted by Crippen LogP contribution is -3.14. The van der Waals surface area contributed by atoms with E-state index in [-0.39, 0.29) is 0 Å². The number of hydrogen-bond donors (Lipinski definition) is 1. The first-order chi connectivity index (χ1) is 11.4. The number of thiophene rings is 1. The minimum absolute atomic E-state index is 1.07. The minimum atomic E-state index is 1.07. The second-order valence-corrected chi connectivity index (χ2v) is 6.84. The van der Waals surface area contributed by atoms with E-state index in [4.69, 9.17) is 0 Å². The predicted molar refractivity (Wildman–Crippen MR) is 96.3 cm³/mol. The van der Waals surface area contributed by atoms with Crippen molar-refractivity contribution >= 4 is 27.4 Å². The molecule has 4 nitrogen and oxygen atoms in total. The van der Waals surface area contributed by atoms with Crippen LogP contribution >= 0.6 is 11.3 Å². The van der Waals surface area contributed by atoms with Crippen LogP contribution in [0, 0.1) is 0 Å². The highest BCUT2D eigenvalue weighted by molar-refractivity contribution is 7.17. The molecule has 3 aromatic rings. The number of fused-ring (bicyclic) bond motifs is 1. The van der Waals surface area contributed by atoms with E-state index in [1.54, 1.807) is 22.6 Å². The first-order valence-electron chi connectivity index (χ1n) is 8.23. The molecule has 0 spiro atoms. The fraction of sp³-hybridized carbons (Fsp3) is 0.333. The van der Waals surface area contributed by atoms with Gasteiger partial charge in [0.05, 0.1) is 38.1 Å². The average Bonchev–Trinajstić information content (AvgIpc) is 3.07. The van der Waals surface area contributed by atoms with Crippen LogP contribution in [0.4, 0.5) is 5.82 Å². The summed E-state index contributed by atoms with van der Waals surface area (Å²) in [5, 5.41) is 3.43. The van der Waals surface area contributed by atoms with E-state index in [9.17, 15) is 0 Å². The first-order valence-corrected chi connectivity index (χ1v) is 9.11. The number of likely N-dealkylation sites (N-methyl/N-ethyl adjacent to an activating group) is 1. The zero-order valence-corrected chi connectivity index (χ0v) is 14.1. The summed E-state index contributed by atoms with van der Waals surface area (Å²) in [6.07, 6.45) is 1.71. The van der Waals surface area contributed by atoms with Gasteiger partial charge >= 0.3 is 0 Å². The quantitative estimate of drug-likeness (QED) is 0.800. The van der Waals surface area contributed by atoms with Gasteiger partial charge in [-0.1, -0.05) is 30.3 Å².